The second kappa shape index (κ2) is 9.81. The zero-order valence-electron chi connectivity index (χ0n) is 27.8. The van der Waals surface area contributed by atoms with Gasteiger partial charge in [0, 0.05) is 0 Å². The summed E-state index contributed by atoms with van der Waals surface area (Å²) in [6, 6.07) is 68.6. The number of hydrogen-bond acceptors (Lipinski definition) is 0. The summed E-state index contributed by atoms with van der Waals surface area (Å²) < 4.78 is 0. The van der Waals surface area contributed by atoms with Crippen LogP contribution in [0.1, 0.15) is 22.3 Å². The zero-order chi connectivity index (χ0) is 33.3. The van der Waals surface area contributed by atoms with E-state index in [1.54, 1.807) is 0 Å². The van der Waals surface area contributed by atoms with E-state index >= 15 is 0 Å². The Bertz CT molecular complexity index is 3100. The molecule has 234 valence electrons. The zero-order valence-corrected chi connectivity index (χ0v) is 27.8. The maximum absolute atomic E-state index is 2.44. The summed E-state index contributed by atoms with van der Waals surface area (Å²) >= 11 is 0. The van der Waals surface area contributed by atoms with E-state index in [0.29, 0.717) is 0 Å². The molecule has 0 saturated carbocycles. The Balaban J connectivity index is 1.18. The van der Waals surface area contributed by atoms with Gasteiger partial charge in [0.1, 0.15) is 0 Å². The molecule has 0 aliphatic heterocycles. The molecular weight excluding hydrogens is 613 g/mol. The third kappa shape index (κ3) is 3.40. The molecule has 2 aliphatic carbocycles. The van der Waals surface area contributed by atoms with Crippen LogP contribution in [0, 0.1) is 0 Å². The van der Waals surface area contributed by atoms with Crippen molar-refractivity contribution in [3.8, 4) is 33.4 Å². The first-order valence-electron chi connectivity index (χ1n) is 17.9. The van der Waals surface area contributed by atoms with E-state index in [4.69, 9.17) is 0 Å². The van der Waals surface area contributed by atoms with Gasteiger partial charge in [-0.2, -0.15) is 0 Å². The first kappa shape index (κ1) is 27.3. The van der Waals surface area contributed by atoms with Gasteiger partial charge in [0.2, 0.25) is 0 Å². The van der Waals surface area contributed by atoms with Crippen molar-refractivity contribution in [2.24, 2.45) is 0 Å². The Morgan fingerprint density at radius 1 is 0.294 bits per heavy atom. The minimum absolute atomic E-state index is 0.403. The van der Waals surface area contributed by atoms with E-state index in [1.165, 1.54) is 109 Å². The van der Waals surface area contributed by atoms with Crippen LogP contribution in [0.3, 0.4) is 0 Å². The molecule has 0 heterocycles. The lowest BCUT2D eigenvalue weighted by atomic mass is 9.69. The molecule has 0 unspecified atom stereocenters. The van der Waals surface area contributed by atoms with Crippen LogP contribution in [-0.4, -0.2) is 0 Å². The van der Waals surface area contributed by atoms with E-state index in [1.807, 2.05) is 0 Å². The summed E-state index contributed by atoms with van der Waals surface area (Å²) in [6.07, 6.45) is 0. The Kier molecular flexibility index (Phi) is 5.26. The van der Waals surface area contributed by atoms with Crippen molar-refractivity contribution in [1.82, 2.24) is 0 Å². The number of rotatable bonds is 1. The normalized spacial score (nSPS) is 13.6. The van der Waals surface area contributed by atoms with Crippen molar-refractivity contribution in [1.29, 1.82) is 0 Å². The molecule has 51 heavy (non-hydrogen) atoms. The lowest BCUT2D eigenvalue weighted by molar-refractivity contribution is 0.802. The first-order valence-corrected chi connectivity index (χ1v) is 17.9. The van der Waals surface area contributed by atoms with Gasteiger partial charge in [-0.05, 0) is 122 Å². The lowest BCUT2D eigenvalue weighted by Crippen LogP contribution is -2.26. The number of hydrogen-bond donors (Lipinski definition) is 0. The highest BCUT2D eigenvalue weighted by Crippen LogP contribution is 2.65. The summed E-state index contributed by atoms with van der Waals surface area (Å²) in [5.41, 5.74) is 13.1. The number of benzene rings is 10. The van der Waals surface area contributed by atoms with Crippen molar-refractivity contribution in [3.05, 3.63) is 204 Å². The van der Waals surface area contributed by atoms with Gasteiger partial charge in [-0.1, -0.05) is 170 Å². The SMILES string of the molecule is c1ccc2c(c1)-c1ccccc1C21c2ccc3ccccc3c2-c2ccc3cc(-c4cc5ccc6ccccc6c5c5ccccc45)ccc3c21. The summed E-state index contributed by atoms with van der Waals surface area (Å²) in [6.45, 7) is 0. The van der Waals surface area contributed by atoms with Gasteiger partial charge in [0.15, 0.2) is 0 Å². The fraction of sp³-hybridized carbons (Fsp3) is 0.0196. The summed E-state index contributed by atoms with van der Waals surface area (Å²) in [5, 5.41) is 13.0. The highest BCUT2D eigenvalue weighted by atomic mass is 14.5. The van der Waals surface area contributed by atoms with E-state index in [0.717, 1.165) is 0 Å². The van der Waals surface area contributed by atoms with E-state index in [-0.39, 0.29) is 0 Å². The van der Waals surface area contributed by atoms with Crippen LogP contribution >= 0.6 is 0 Å². The van der Waals surface area contributed by atoms with Gasteiger partial charge in [0.05, 0.1) is 5.41 Å². The molecule has 0 fully saturated rings. The fourth-order valence-electron chi connectivity index (χ4n) is 10.0. The van der Waals surface area contributed by atoms with Crippen LogP contribution in [0.25, 0.3) is 87.2 Å². The monoisotopic (exact) mass is 642 g/mol. The topological polar surface area (TPSA) is 0 Å². The lowest BCUT2D eigenvalue weighted by Gasteiger charge is -2.31. The molecule has 0 amide bonds. The van der Waals surface area contributed by atoms with E-state index in [2.05, 4.69) is 182 Å². The van der Waals surface area contributed by atoms with Gasteiger partial charge in [-0.25, -0.2) is 0 Å². The molecule has 0 N–H and O–H groups in total. The van der Waals surface area contributed by atoms with Crippen molar-refractivity contribution < 1.29 is 0 Å². The quantitative estimate of drug-likeness (QED) is 0.156. The average molecular weight is 643 g/mol. The minimum Gasteiger partial charge on any atom is -0.0619 e. The predicted molar refractivity (Wildman–Crippen MR) is 216 cm³/mol. The second-order valence-corrected chi connectivity index (χ2v) is 14.3. The molecule has 0 atom stereocenters. The molecule has 0 nitrogen and oxygen atoms in total. The van der Waals surface area contributed by atoms with Crippen LogP contribution in [0.5, 0.6) is 0 Å². The molecule has 10 aromatic rings. The first-order chi connectivity index (χ1) is 25.3. The van der Waals surface area contributed by atoms with Gasteiger partial charge in [0.25, 0.3) is 0 Å². The second-order valence-electron chi connectivity index (χ2n) is 14.3. The molecule has 1 spiro atoms. The van der Waals surface area contributed by atoms with Crippen LogP contribution in [0.4, 0.5) is 0 Å². The van der Waals surface area contributed by atoms with Crippen molar-refractivity contribution >= 4 is 53.9 Å². The van der Waals surface area contributed by atoms with E-state index < -0.39 is 5.41 Å². The molecule has 0 bridgehead atoms. The van der Waals surface area contributed by atoms with Crippen LogP contribution in [0.2, 0.25) is 0 Å². The minimum atomic E-state index is -0.403. The van der Waals surface area contributed by atoms with Crippen LogP contribution in [-0.2, 0) is 5.41 Å². The van der Waals surface area contributed by atoms with E-state index in [9.17, 15) is 0 Å². The smallest absolute Gasteiger partial charge is 0.0619 e. The Labute approximate surface area is 295 Å². The van der Waals surface area contributed by atoms with Crippen molar-refractivity contribution in [2.75, 3.05) is 0 Å². The third-order valence-electron chi connectivity index (χ3n) is 12.0. The van der Waals surface area contributed by atoms with Gasteiger partial charge in [-0.15, -0.1) is 0 Å². The summed E-state index contributed by atoms with van der Waals surface area (Å²) in [5.74, 6) is 0. The van der Waals surface area contributed by atoms with Gasteiger partial charge >= 0.3 is 0 Å². The predicted octanol–water partition coefficient (Wildman–Crippen LogP) is 13.5. The molecule has 0 aromatic heterocycles. The highest BCUT2D eigenvalue weighted by molar-refractivity contribution is 6.23. The molecule has 0 heteroatoms. The average Bonchev–Trinajstić information content (AvgIpc) is 3.68. The summed E-state index contributed by atoms with van der Waals surface area (Å²) in [4.78, 5) is 0. The van der Waals surface area contributed by atoms with Crippen molar-refractivity contribution in [3.63, 3.8) is 0 Å². The molecule has 12 rings (SSSR count). The molecular formula is C51H30. The van der Waals surface area contributed by atoms with Crippen LogP contribution < -0.4 is 0 Å². The van der Waals surface area contributed by atoms with Crippen molar-refractivity contribution in [2.45, 2.75) is 5.41 Å². The Hall–Kier alpha value is -6.50. The Morgan fingerprint density at radius 3 is 1.67 bits per heavy atom. The fourth-order valence-corrected chi connectivity index (χ4v) is 10.0. The third-order valence-corrected chi connectivity index (χ3v) is 12.0. The molecule has 0 saturated heterocycles. The maximum Gasteiger partial charge on any atom is 0.0731 e. The standard InChI is InChI=1S/C51H30/c1-3-13-36-31(11-1)21-22-35-30-44(39-15-5-6-18-42(39)48(35)36)34-23-26-38-33(29-34)24-27-43-49-37-14-4-2-12-32(37)25-28-47(49)51(50(38)43)45-19-9-7-16-40(45)41-17-8-10-20-46(41)51/h1-30H. The molecule has 10 aromatic carbocycles. The highest BCUT2D eigenvalue weighted by Gasteiger charge is 2.52. The van der Waals surface area contributed by atoms with Gasteiger partial charge < -0.3 is 0 Å². The Morgan fingerprint density at radius 2 is 0.882 bits per heavy atom. The largest absolute Gasteiger partial charge is 0.0731 e. The number of fused-ring (bicyclic) bond motifs is 19. The maximum atomic E-state index is 2.44. The van der Waals surface area contributed by atoms with Gasteiger partial charge in [-0.3, -0.25) is 0 Å². The van der Waals surface area contributed by atoms with Crippen LogP contribution in [0.15, 0.2) is 182 Å². The summed E-state index contributed by atoms with van der Waals surface area (Å²) in [7, 11) is 0. The molecule has 2 aliphatic rings. The molecule has 0 radical (unpaired) electrons.